The summed E-state index contributed by atoms with van der Waals surface area (Å²) in [6.07, 6.45) is 0.0160. The van der Waals surface area contributed by atoms with E-state index >= 15 is 0 Å². The summed E-state index contributed by atoms with van der Waals surface area (Å²) in [5.74, 6) is 1.39. The lowest BCUT2D eigenvalue weighted by atomic mass is 10.1. The first-order valence-corrected chi connectivity index (χ1v) is 9.87. The van der Waals surface area contributed by atoms with Crippen molar-refractivity contribution in [3.63, 3.8) is 0 Å². The third-order valence-corrected chi connectivity index (χ3v) is 5.10. The summed E-state index contributed by atoms with van der Waals surface area (Å²) in [7, 11) is 1.72. The van der Waals surface area contributed by atoms with E-state index in [1.165, 1.54) is 4.90 Å². The van der Waals surface area contributed by atoms with Crippen LogP contribution in [0.3, 0.4) is 0 Å². The van der Waals surface area contributed by atoms with Crippen molar-refractivity contribution in [3.05, 3.63) is 46.4 Å². The minimum Gasteiger partial charge on any atom is -0.396 e. The topological polar surface area (TPSA) is 81.8 Å². The molecule has 0 bridgehead atoms. The van der Waals surface area contributed by atoms with Gasteiger partial charge in [0, 0.05) is 38.2 Å². The smallest absolute Gasteiger partial charge is 0.277 e. The molecule has 152 valence electrons. The maximum atomic E-state index is 13.2. The van der Waals surface area contributed by atoms with Gasteiger partial charge in [-0.3, -0.25) is 9.69 Å². The molecule has 2 aromatic rings. The van der Waals surface area contributed by atoms with Gasteiger partial charge in [0.2, 0.25) is 6.35 Å². The lowest BCUT2D eigenvalue weighted by Crippen LogP contribution is -2.54. The Morgan fingerprint density at radius 3 is 2.54 bits per heavy atom. The number of aliphatic hydroxyl groups is 2. The van der Waals surface area contributed by atoms with Crippen molar-refractivity contribution < 1.29 is 15.0 Å². The van der Waals surface area contributed by atoms with E-state index in [0.29, 0.717) is 41.8 Å². The van der Waals surface area contributed by atoms with Crippen LogP contribution in [-0.2, 0) is 13.0 Å². The number of carbonyl (C=O) groups excluding carboxylic acids is 1. The van der Waals surface area contributed by atoms with Gasteiger partial charge in [-0.15, -0.1) is 0 Å². The van der Waals surface area contributed by atoms with E-state index in [1.807, 2.05) is 28.8 Å². The van der Waals surface area contributed by atoms with E-state index in [0.717, 1.165) is 11.4 Å². The number of aliphatic hydroxyl groups excluding tert-OH is 2. The molecule has 1 amide bonds. The number of rotatable bonds is 7. The number of hydrogen-bond donors (Lipinski definition) is 2. The lowest BCUT2D eigenvalue weighted by molar-refractivity contribution is 0.00113. The Balaban J connectivity index is 2.06. The number of amides is 1. The molecule has 7 nitrogen and oxygen atoms in total. The largest absolute Gasteiger partial charge is 0.396 e. The van der Waals surface area contributed by atoms with Crippen LogP contribution in [0.4, 0.5) is 5.82 Å². The van der Waals surface area contributed by atoms with Gasteiger partial charge in [0.15, 0.2) is 11.5 Å². The highest BCUT2D eigenvalue weighted by atomic mass is 35.5. The Morgan fingerprint density at radius 2 is 1.93 bits per heavy atom. The minimum absolute atomic E-state index is 0.0459. The summed E-state index contributed by atoms with van der Waals surface area (Å²) in [6, 6.07) is 7.52. The minimum atomic E-state index is -1.10. The third kappa shape index (κ3) is 4.01. The van der Waals surface area contributed by atoms with Crippen LogP contribution >= 0.6 is 11.6 Å². The van der Waals surface area contributed by atoms with Gasteiger partial charge < -0.3 is 19.7 Å². The molecular weight excluding hydrogens is 380 g/mol. The molecule has 1 aromatic carbocycles. The fraction of sp³-hybridized carbons (Fsp3) is 0.500. The van der Waals surface area contributed by atoms with E-state index in [9.17, 15) is 9.90 Å². The van der Waals surface area contributed by atoms with Crippen LogP contribution in [-0.4, -0.2) is 57.1 Å². The first-order valence-electron chi connectivity index (χ1n) is 9.50. The van der Waals surface area contributed by atoms with Gasteiger partial charge in [-0.05, 0) is 30.0 Å². The number of nitrogens with zero attached hydrogens (tertiary/aromatic N) is 4. The molecule has 3 rings (SSSR count). The van der Waals surface area contributed by atoms with Crippen LogP contribution in [0.2, 0.25) is 5.02 Å². The number of fused-ring (bicyclic) bond motifs is 1. The maximum absolute atomic E-state index is 13.2. The molecular formula is C20H27ClN4O3. The number of anilines is 1. The van der Waals surface area contributed by atoms with Gasteiger partial charge >= 0.3 is 0 Å². The fourth-order valence-electron chi connectivity index (χ4n) is 3.42. The molecule has 0 saturated heterocycles. The molecule has 2 N–H and O–H groups in total. The standard InChI is InChI=1S/C20H27ClN4O3/c1-13(2)11-16-22-18-17(25(16)12-14-5-7-15(21)8-6-14)19(27)24(9-4-10-26)20(28)23(18)3/h5-8,13,20,26,28H,4,9-12H2,1-3H3. The number of aromatic nitrogens is 2. The van der Waals surface area contributed by atoms with Gasteiger partial charge in [-0.1, -0.05) is 37.6 Å². The number of imidazole rings is 1. The number of hydrogen-bond acceptors (Lipinski definition) is 5. The van der Waals surface area contributed by atoms with E-state index in [-0.39, 0.29) is 19.1 Å². The van der Waals surface area contributed by atoms with Gasteiger partial charge in [0.25, 0.3) is 5.91 Å². The van der Waals surface area contributed by atoms with Crippen LogP contribution in [0, 0.1) is 5.92 Å². The lowest BCUT2D eigenvalue weighted by Gasteiger charge is -2.38. The summed E-state index contributed by atoms with van der Waals surface area (Å²) in [6.45, 7) is 4.93. The maximum Gasteiger partial charge on any atom is 0.277 e. The second-order valence-corrected chi connectivity index (χ2v) is 7.98. The molecule has 8 heteroatoms. The predicted molar refractivity (Wildman–Crippen MR) is 108 cm³/mol. The van der Waals surface area contributed by atoms with Crippen LogP contribution in [0.15, 0.2) is 24.3 Å². The molecule has 1 aliphatic rings. The van der Waals surface area contributed by atoms with Gasteiger partial charge in [0.1, 0.15) is 5.82 Å². The van der Waals surface area contributed by atoms with Gasteiger partial charge in [0.05, 0.1) is 0 Å². The normalized spacial score (nSPS) is 16.8. The summed E-state index contributed by atoms with van der Waals surface area (Å²) in [4.78, 5) is 20.9. The second-order valence-electron chi connectivity index (χ2n) is 7.54. The number of halogens is 1. The zero-order valence-electron chi connectivity index (χ0n) is 16.5. The van der Waals surface area contributed by atoms with Crippen molar-refractivity contribution in [1.82, 2.24) is 14.5 Å². The van der Waals surface area contributed by atoms with Crippen LogP contribution in [0.5, 0.6) is 0 Å². The monoisotopic (exact) mass is 406 g/mol. The van der Waals surface area contributed by atoms with Crippen LogP contribution < -0.4 is 4.90 Å². The molecule has 1 aromatic heterocycles. The summed E-state index contributed by atoms with van der Waals surface area (Å²) in [5, 5.41) is 20.4. The van der Waals surface area contributed by atoms with Crippen LogP contribution in [0.1, 0.15) is 42.1 Å². The molecule has 0 radical (unpaired) electrons. The summed E-state index contributed by atoms with van der Waals surface area (Å²) in [5.41, 5.74) is 1.48. The second kappa shape index (κ2) is 8.51. The first-order chi connectivity index (χ1) is 13.3. The highest BCUT2D eigenvalue weighted by molar-refractivity contribution is 6.30. The van der Waals surface area contributed by atoms with E-state index in [4.69, 9.17) is 21.7 Å². The van der Waals surface area contributed by atoms with Gasteiger partial charge in [-0.25, -0.2) is 4.98 Å². The molecule has 1 atom stereocenters. The van der Waals surface area contributed by atoms with E-state index in [2.05, 4.69) is 13.8 Å². The van der Waals surface area contributed by atoms with E-state index < -0.39 is 6.35 Å². The molecule has 2 heterocycles. The quantitative estimate of drug-likeness (QED) is 0.737. The molecule has 0 aliphatic carbocycles. The van der Waals surface area contributed by atoms with Crippen molar-refractivity contribution in [2.24, 2.45) is 5.92 Å². The third-order valence-electron chi connectivity index (χ3n) is 4.85. The number of benzene rings is 1. The molecule has 1 aliphatic heterocycles. The van der Waals surface area contributed by atoms with Crippen molar-refractivity contribution in [2.45, 2.75) is 39.6 Å². The van der Waals surface area contributed by atoms with E-state index in [1.54, 1.807) is 11.9 Å². The Morgan fingerprint density at radius 1 is 1.25 bits per heavy atom. The molecule has 0 fully saturated rings. The summed E-state index contributed by atoms with van der Waals surface area (Å²) < 4.78 is 1.94. The SMILES string of the molecule is CC(C)Cc1nc2c(n1Cc1ccc(Cl)cc1)C(=O)N(CCCO)C(O)N2C. The Bertz CT molecular complexity index is 835. The average molecular weight is 407 g/mol. The highest BCUT2D eigenvalue weighted by Gasteiger charge is 2.39. The first kappa shape index (κ1) is 20.6. The number of carbonyl (C=O) groups is 1. The predicted octanol–water partition coefficient (Wildman–Crippen LogP) is 2.33. The fourth-order valence-corrected chi connectivity index (χ4v) is 3.55. The Labute approximate surface area is 170 Å². The van der Waals surface area contributed by atoms with Gasteiger partial charge in [-0.2, -0.15) is 0 Å². The summed E-state index contributed by atoms with van der Waals surface area (Å²) >= 11 is 6.00. The molecule has 0 saturated carbocycles. The Kier molecular flexibility index (Phi) is 6.27. The molecule has 28 heavy (non-hydrogen) atoms. The zero-order chi connectivity index (χ0) is 20.4. The molecule has 1 unspecified atom stereocenters. The van der Waals surface area contributed by atoms with Crippen molar-refractivity contribution >= 4 is 23.3 Å². The van der Waals surface area contributed by atoms with Crippen LogP contribution in [0.25, 0.3) is 0 Å². The van der Waals surface area contributed by atoms with Crippen molar-refractivity contribution in [3.8, 4) is 0 Å². The average Bonchev–Trinajstić information content (AvgIpc) is 2.99. The highest BCUT2D eigenvalue weighted by Crippen LogP contribution is 2.31. The van der Waals surface area contributed by atoms with Crippen molar-refractivity contribution in [1.29, 1.82) is 0 Å². The zero-order valence-corrected chi connectivity index (χ0v) is 17.2. The molecule has 0 spiro atoms. The Hall–Kier alpha value is -2.09. The van der Waals surface area contributed by atoms with Crippen molar-refractivity contribution in [2.75, 3.05) is 25.1 Å².